The molecule has 2 atom stereocenters. The van der Waals surface area contributed by atoms with E-state index in [9.17, 15) is 14.4 Å². The number of hydrogen-bond acceptors (Lipinski definition) is 5. The van der Waals surface area contributed by atoms with Crippen molar-refractivity contribution in [2.75, 3.05) is 0 Å². The second kappa shape index (κ2) is 9.00. The van der Waals surface area contributed by atoms with Crippen LogP contribution in [0.3, 0.4) is 0 Å². The van der Waals surface area contributed by atoms with E-state index >= 15 is 0 Å². The number of rotatable bonds is 6. The van der Waals surface area contributed by atoms with Crippen LogP contribution in [0.5, 0.6) is 0 Å². The minimum atomic E-state index is -2.02. The molecule has 0 aromatic carbocycles. The number of alkyl halides is 6. The third kappa shape index (κ3) is 9.48. The molecule has 11 heteroatoms. The Morgan fingerprint density at radius 1 is 0.773 bits per heavy atom. The standard InChI is InChI=1S/C11H12Cl6O5/c1-5(18)21-8(10(12,13)14)3-7(20)4-9(11(15,16)17)22-6(2)19/h8-9H,3-4H2,1-2H3. The van der Waals surface area contributed by atoms with Gasteiger partial charge in [-0.2, -0.15) is 0 Å². The Bertz CT molecular complexity index is 390. The van der Waals surface area contributed by atoms with Crippen molar-refractivity contribution in [1.29, 1.82) is 0 Å². The first-order chi connectivity index (χ1) is 9.73. The summed E-state index contributed by atoms with van der Waals surface area (Å²) >= 11 is 33.8. The van der Waals surface area contributed by atoms with Gasteiger partial charge in [-0.1, -0.05) is 69.6 Å². The van der Waals surface area contributed by atoms with Crippen molar-refractivity contribution in [3.8, 4) is 0 Å². The molecule has 0 saturated heterocycles. The van der Waals surface area contributed by atoms with Gasteiger partial charge in [-0.3, -0.25) is 14.4 Å². The van der Waals surface area contributed by atoms with Crippen LogP contribution >= 0.6 is 69.6 Å². The Labute approximate surface area is 157 Å². The van der Waals surface area contributed by atoms with E-state index in [4.69, 9.17) is 79.1 Å². The van der Waals surface area contributed by atoms with Crippen LogP contribution in [0.2, 0.25) is 0 Å². The Kier molecular flexibility index (Phi) is 9.14. The van der Waals surface area contributed by atoms with Crippen molar-refractivity contribution >= 4 is 87.3 Å². The highest BCUT2D eigenvalue weighted by atomic mass is 35.6. The highest BCUT2D eigenvalue weighted by Gasteiger charge is 2.41. The predicted octanol–water partition coefficient (Wildman–Crippen LogP) is 3.94. The minimum absolute atomic E-state index is 0.450. The zero-order valence-corrected chi connectivity index (χ0v) is 15.9. The van der Waals surface area contributed by atoms with Gasteiger partial charge in [0.2, 0.25) is 7.59 Å². The van der Waals surface area contributed by atoms with Gasteiger partial charge in [-0.05, 0) is 0 Å². The smallest absolute Gasteiger partial charge is 0.303 e. The number of esters is 2. The summed E-state index contributed by atoms with van der Waals surface area (Å²) in [7, 11) is 0. The molecule has 0 saturated carbocycles. The lowest BCUT2D eigenvalue weighted by Gasteiger charge is -2.26. The zero-order valence-electron chi connectivity index (χ0n) is 11.4. The van der Waals surface area contributed by atoms with Crippen molar-refractivity contribution in [2.45, 2.75) is 46.5 Å². The van der Waals surface area contributed by atoms with Crippen LogP contribution in [0.1, 0.15) is 26.7 Å². The topological polar surface area (TPSA) is 69.7 Å². The minimum Gasteiger partial charge on any atom is -0.458 e. The molecule has 0 bridgehead atoms. The number of hydrogen-bond donors (Lipinski definition) is 0. The summed E-state index contributed by atoms with van der Waals surface area (Å²) in [4.78, 5) is 33.9. The van der Waals surface area contributed by atoms with E-state index in [-0.39, 0.29) is 0 Å². The quantitative estimate of drug-likeness (QED) is 0.466. The maximum atomic E-state index is 12.0. The van der Waals surface area contributed by atoms with Gasteiger partial charge in [0.15, 0.2) is 12.2 Å². The molecule has 0 N–H and O–H groups in total. The number of carbonyl (C=O) groups excluding carboxylic acids is 3. The fourth-order valence-electron chi connectivity index (χ4n) is 1.35. The van der Waals surface area contributed by atoms with Crippen LogP contribution < -0.4 is 0 Å². The molecule has 0 aliphatic heterocycles. The largest absolute Gasteiger partial charge is 0.458 e. The van der Waals surface area contributed by atoms with Crippen LogP contribution in [0, 0.1) is 0 Å². The maximum absolute atomic E-state index is 12.0. The highest BCUT2D eigenvalue weighted by Crippen LogP contribution is 2.37. The molecular weight excluding hydrogens is 425 g/mol. The van der Waals surface area contributed by atoms with Crippen LogP contribution in [0.25, 0.3) is 0 Å². The van der Waals surface area contributed by atoms with Crippen molar-refractivity contribution in [1.82, 2.24) is 0 Å². The Hall–Kier alpha value is 0.350. The Balaban J connectivity index is 4.92. The summed E-state index contributed by atoms with van der Waals surface area (Å²) in [5.41, 5.74) is 0. The fourth-order valence-corrected chi connectivity index (χ4v) is 2.08. The van der Waals surface area contributed by atoms with Crippen molar-refractivity contribution in [3.63, 3.8) is 0 Å². The van der Waals surface area contributed by atoms with Gasteiger partial charge < -0.3 is 9.47 Å². The summed E-state index contributed by atoms with van der Waals surface area (Å²) in [5, 5.41) is 0. The second-order valence-corrected chi connectivity index (χ2v) is 8.96. The van der Waals surface area contributed by atoms with Gasteiger partial charge >= 0.3 is 11.9 Å². The molecule has 0 rings (SSSR count). The van der Waals surface area contributed by atoms with Gasteiger partial charge in [0.25, 0.3) is 0 Å². The van der Waals surface area contributed by atoms with Crippen LogP contribution in [0.4, 0.5) is 0 Å². The van der Waals surface area contributed by atoms with Gasteiger partial charge in [0.1, 0.15) is 5.78 Å². The van der Waals surface area contributed by atoms with Crippen molar-refractivity contribution in [3.05, 3.63) is 0 Å². The SMILES string of the molecule is CC(=O)OC(CC(=O)CC(OC(C)=O)C(Cl)(Cl)Cl)C(Cl)(Cl)Cl. The number of ketones is 1. The number of Topliss-reactive ketones (excluding diaryl/α,β-unsaturated/α-hetero) is 1. The van der Waals surface area contributed by atoms with Crippen molar-refractivity contribution < 1.29 is 23.9 Å². The molecule has 0 aliphatic rings. The first kappa shape index (κ1) is 22.4. The lowest BCUT2D eigenvalue weighted by molar-refractivity contribution is -0.148. The third-order valence-electron chi connectivity index (χ3n) is 2.17. The molecule has 0 heterocycles. The molecule has 0 aromatic rings. The molecular formula is C11H12Cl6O5. The van der Waals surface area contributed by atoms with E-state index in [2.05, 4.69) is 0 Å². The third-order valence-corrected chi connectivity index (χ3v) is 3.63. The number of ether oxygens (including phenoxy) is 2. The zero-order chi connectivity index (χ0) is 17.7. The molecule has 128 valence electrons. The molecule has 0 aromatic heterocycles. The van der Waals surface area contributed by atoms with Crippen LogP contribution in [-0.4, -0.2) is 37.5 Å². The van der Waals surface area contributed by atoms with Crippen LogP contribution in [0.15, 0.2) is 0 Å². The molecule has 0 spiro atoms. The van der Waals surface area contributed by atoms with E-state index < -0.39 is 50.4 Å². The molecule has 0 aliphatic carbocycles. The van der Waals surface area contributed by atoms with E-state index in [1.165, 1.54) is 0 Å². The average Bonchev–Trinajstić information content (AvgIpc) is 2.23. The number of carbonyl (C=O) groups is 3. The molecule has 0 radical (unpaired) electrons. The van der Waals surface area contributed by atoms with E-state index in [0.29, 0.717) is 0 Å². The summed E-state index contributed by atoms with van der Waals surface area (Å²) in [6.07, 6.45) is -3.55. The molecule has 0 fully saturated rings. The average molecular weight is 437 g/mol. The summed E-state index contributed by atoms with van der Waals surface area (Å²) in [5.74, 6) is -2.06. The van der Waals surface area contributed by atoms with Gasteiger partial charge in [-0.25, -0.2) is 0 Å². The van der Waals surface area contributed by atoms with Crippen molar-refractivity contribution in [2.24, 2.45) is 0 Å². The molecule has 5 nitrogen and oxygen atoms in total. The second-order valence-electron chi connectivity index (χ2n) is 4.23. The number of halogens is 6. The normalized spacial score (nSPS) is 14.9. The van der Waals surface area contributed by atoms with Gasteiger partial charge in [0, 0.05) is 26.7 Å². The first-order valence-electron chi connectivity index (χ1n) is 5.73. The van der Waals surface area contributed by atoms with E-state index in [1.807, 2.05) is 0 Å². The van der Waals surface area contributed by atoms with E-state index in [0.717, 1.165) is 13.8 Å². The predicted molar refractivity (Wildman–Crippen MR) is 85.9 cm³/mol. The van der Waals surface area contributed by atoms with Crippen LogP contribution in [-0.2, 0) is 23.9 Å². The highest BCUT2D eigenvalue weighted by molar-refractivity contribution is 6.68. The first-order valence-corrected chi connectivity index (χ1v) is 7.99. The maximum Gasteiger partial charge on any atom is 0.303 e. The Morgan fingerprint density at radius 2 is 1.05 bits per heavy atom. The molecule has 0 amide bonds. The lowest BCUT2D eigenvalue weighted by Crippen LogP contribution is -2.37. The summed E-state index contributed by atoms with van der Waals surface area (Å²) < 4.78 is 5.51. The molecule has 2 unspecified atom stereocenters. The van der Waals surface area contributed by atoms with E-state index in [1.54, 1.807) is 0 Å². The lowest BCUT2D eigenvalue weighted by atomic mass is 10.1. The molecule has 22 heavy (non-hydrogen) atoms. The van der Waals surface area contributed by atoms with Gasteiger partial charge in [-0.15, -0.1) is 0 Å². The summed E-state index contributed by atoms with van der Waals surface area (Å²) in [6, 6.07) is 0. The van der Waals surface area contributed by atoms with Gasteiger partial charge in [0.05, 0.1) is 0 Å². The Morgan fingerprint density at radius 3 is 1.23 bits per heavy atom. The monoisotopic (exact) mass is 434 g/mol. The summed E-state index contributed by atoms with van der Waals surface area (Å²) in [6.45, 7) is 2.19. The fraction of sp³-hybridized carbons (Fsp3) is 0.727.